The lowest BCUT2D eigenvalue weighted by molar-refractivity contribution is 0.0999. The van der Waals surface area contributed by atoms with Crippen LogP contribution in [0.25, 0.3) is 0 Å². The van der Waals surface area contributed by atoms with Gasteiger partial charge in [0.05, 0.1) is 5.56 Å². The van der Waals surface area contributed by atoms with Crippen molar-refractivity contribution in [1.82, 2.24) is 4.90 Å². The third kappa shape index (κ3) is 4.15. The Bertz CT molecular complexity index is 1110. The molecule has 0 saturated carbocycles. The first-order valence-corrected chi connectivity index (χ1v) is 10.8. The number of hydrogen-bond acceptors (Lipinski definition) is 4. The van der Waals surface area contributed by atoms with Crippen LogP contribution in [0.1, 0.15) is 47.8 Å². The number of carbonyl (C=O) groups is 2. The number of rotatable bonds is 5. The van der Waals surface area contributed by atoms with E-state index in [9.17, 15) is 9.59 Å². The first-order valence-electron chi connectivity index (χ1n) is 10.0. The Balaban J connectivity index is 1.59. The number of amides is 2. The number of aryl methyl sites for hydroxylation is 2. The smallest absolute Gasteiger partial charge is 0.256 e. The van der Waals surface area contributed by atoms with E-state index in [-0.39, 0.29) is 5.91 Å². The Labute approximate surface area is 180 Å². The monoisotopic (exact) mass is 419 g/mol. The van der Waals surface area contributed by atoms with Crippen LogP contribution in [0.4, 0.5) is 5.00 Å². The van der Waals surface area contributed by atoms with Crippen molar-refractivity contribution >= 4 is 28.2 Å². The maximum Gasteiger partial charge on any atom is 0.256 e. The number of benzene rings is 2. The Morgan fingerprint density at radius 3 is 2.63 bits per heavy atom. The molecule has 3 N–H and O–H groups in total. The lowest BCUT2D eigenvalue weighted by Gasteiger charge is -2.27. The van der Waals surface area contributed by atoms with Crippen LogP contribution in [-0.2, 0) is 19.5 Å². The maximum atomic E-state index is 12.9. The van der Waals surface area contributed by atoms with E-state index in [0.29, 0.717) is 16.1 Å². The molecule has 0 saturated heterocycles. The molecule has 5 nitrogen and oxygen atoms in total. The summed E-state index contributed by atoms with van der Waals surface area (Å²) in [5.41, 5.74) is 10.9. The third-order valence-electron chi connectivity index (χ3n) is 5.50. The van der Waals surface area contributed by atoms with Crippen molar-refractivity contribution in [3.05, 3.63) is 86.8 Å². The molecular formula is C24H25N3O2S. The highest BCUT2D eigenvalue weighted by Gasteiger charge is 2.28. The van der Waals surface area contributed by atoms with Gasteiger partial charge in [-0.25, -0.2) is 0 Å². The fraction of sp³-hybridized carbons (Fsp3) is 0.250. The van der Waals surface area contributed by atoms with E-state index in [1.54, 1.807) is 0 Å². The SMILES string of the molecule is Cc1ccc(C)c(C(=O)Nc2sc3c(c2C(N)=O)CCN(Cc2ccccc2)C3)c1. The third-order valence-corrected chi connectivity index (χ3v) is 6.63. The number of hydrogen-bond donors (Lipinski definition) is 2. The summed E-state index contributed by atoms with van der Waals surface area (Å²) in [5.74, 6) is -0.696. The van der Waals surface area contributed by atoms with Gasteiger partial charge in [-0.15, -0.1) is 11.3 Å². The molecule has 0 bridgehead atoms. The quantitative estimate of drug-likeness (QED) is 0.648. The molecule has 0 radical (unpaired) electrons. The summed E-state index contributed by atoms with van der Waals surface area (Å²) in [5, 5.41) is 3.51. The molecule has 1 aromatic heterocycles. The van der Waals surface area contributed by atoms with Crippen LogP contribution in [0.15, 0.2) is 48.5 Å². The number of primary amides is 1. The second kappa shape index (κ2) is 8.42. The summed E-state index contributed by atoms with van der Waals surface area (Å²) in [6, 6.07) is 16.1. The molecule has 0 atom stereocenters. The number of anilines is 1. The highest BCUT2D eigenvalue weighted by Crippen LogP contribution is 2.37. The Kier molecular flexibility index (Phi) is 5.70. The standard InChI is InChI=1S/C24H25N3O2S/c1-15-8-9-16(2)19(12-15)23(29)26-24-21(22(25)28)18-10-11-27(14-20(18)30-24)13-17-6-4-3-5-7-17/h3-9,12H,10-11,13-14H2,1-2H3,(H2,25,28)(H,26,29). The minimum Gasteiger partial charge on any atom is -0.365 e. The van der Waals surface area contributed by atoms with Crippen LogP contribution in [0.5, 0.6) is 0 Å². The van der Waals surface area contributed by atoms with Gasteiger partial charge >= 0.3 is 0 Å². The summed E-state index contributed by atoms with van der Waals surface area (Å²) >= 11 is 1.46. The van der Waals surface area contributed by atoms with Gasteiger partial charge in [-0.05, 0) is 43.0 Å². The molecule has 1 aliphatic heterocycles. The van der Waals surface area contributed by atoms with Crippen LogP contribution in [-0.4, -0.2) is 23.3 Å². The predicted molar refractivity (Wildman–Crippen MR) is 121 cm³/mol. The summed E-state index contributed by atoms with van der Waals surface area (Å²) in [6.07, 6.45) is 0.746. The molecule has 2 amide bonds. The van der Waals surface area contributed by atoms with Crippen molar-refractivity contribution in [2.24, 2.45) is 5.73 Å². The van der Waals surface area contributed by atoms with Crippen LogP contribution >= 0.6 is 11.3 Å². The zero-order chi connectivity index (χ0) is 21.3. The number of carbonyl (C=O) groups excluding carboxylic acids is 2. The minimum atomic E-state index is -0.486. The van der Waals surface area contributed by atoms with E-state index in [2.05, 4.69) is 22.3 Å². The van der Waals surface area contributed by atoms with E-state index in [4.69, 9.17) is 5.73 Å². The highest BCUT2D eigenvalue weighted by atomic mass is 32.1. The molecule has 2 aromatic carbocycles. The summed E-state index contributed by atoms with van der Waals surface area (Å²) in [4.78, 5) is 28.6. The van der Waals surface area contributed by atoms with Crippen molar-refractivity contribution in [2.75, 3.05) is 11.9 Å². The fourth-order valence-corrected chi connectivity index (χ4v) is 5.22. The van der Waals surface area contributed by atoms with Crippen LogP contribution in [0.3, 0.4) is 0 Å². The molecule has 2 heterocycles. The highest BCUT2D eigenvalue weighted by molar-refractivity contribution is 7.17. The molecule has 0 aliphatic carbocycles. The molecule has 3 aromatic rings. The Hall–Kier alpha value is -2.96. The normalized spacial score (nSPS) is 13.7. The molecule has 0 unspecified atom stereocenters. The molecule has 0 fully saturated rings. The molecule has 0 spiro atoms. The van der Waals surface area contributed by atoms with Crippen LogP contribution in [0, 0.1) is 13.8 Å². The summed E-state index contributed by atoms with van der Waals surface area (Å²) < 4.78 is 0. The van der Waals surface area contributed by atoms with Gasteiger partial charge in [-0.2, -0.15) is 0 Å². The largest absolute Gasteiger partial charge is 0.365 e. The van der Waals surface area contributed by atoms with Gasteiger partial charge in [0.25, 0.3) is 11.8 Å². The maximum absolute atomic E-state index is 12.9. The summed E-state index contributed by atoms with van der Waals surface area (Å²) in [7, 11) is 0. The van der Waals surface area contributed by atoms with Gasteiger partial charge in [0, 0.05) is 30.1 Å². The van der Waals surface area contributed by atoms with Crippen molar-refractivity contribution in [2.45, 2.75) is 33.4 Å². The first kappa shape index (κ1) is 20.3. The van der Waals surface area contributed by atoms with Gasteiger partial charge < -0.3 is 11.1 Å². The van der Waals surface area contributed by atoms with Crippen molar-refractivity contribution in [3.63, 3.8) is 0 Å². The summed E-state index contributed by atoms with van der Waals surface area (Å²) in [6.45, 7) is 6.31. The van der Waals surface area contributed by atoms with Gasteiger partial charge in [0.15, 0.2) is 0 Å². The molecule has 1 aliphatic rings. The average molecular weight is 420 g/mol. The van der Waals surface area contributed by atoms with Gasteiger partial charge in [0.2, 0.25) is 0 Å². The Morgan fingerprint density at radius 2 is 1.90 bits per heavy atom. The molecule has 6 heteroatoms. The molecular weight excluding hydrogens is 394 g/mol. The number of nitrogens with zero attached hydrogens (tertiary/aromatic N) is 1. The van der Waals surface area contributed by atoms with Gasteiger partial charge in [0.1, 0.15) is 5.00 Å². The zero-order valence-corrected chi connectivity index (χ0v) is 18.0. The molecule has 154 valence electrons. The number of thiophene rings is 1. The molecule has 30 heavy (non-hydrogen) atoms. The van der Waals surface area contributed by atoms with E-state index < -0.39 is 5.91 Å². The second-order valence-corrected chi connectivity index (χ2v) is 8.90. The first-order chi connectivity index (χ1) is 14.4. The van der Waals surface area contributed by atoms with Crippen LogP contribution in [0.2, 0.25) is 0 Å². The van der Waals surface area contributed by atoms with Crippen molar-refractivity contribution in [1.29, 1.82) is 0 Å². The fourth-order valence-electron chi connectivity index (χ4n) is 3.93. The van der Waals surface area contributed by atoms with E-state index in [1.165, 1.54) is 16.9 Å². The number of fused-ring (bicyclic) bond motifs is 1. The number of nitrogens with one attached hydrogen (secondary N) is 1. The van der Waals surface area contributed by atoms with Crippen molar-refractivity contribution < 1.29 is 9.59 Å². The average Bonchev–Trinajstić information content (AvgIpc) is 3.07. The second-order valence-electron chi connectivity index (χ2n) is 7.79. The van der Waals surface area contributed by atoms with Gasteiger partial charge in [-0.1, -0.05) is 48.0 Å². The predicted octanol–water partition coefficient (Wildman–Crippen LogP) is 4.27. The van der Waals surface area contributed by atoms with Gasteiger partial charge in [-0.3, -0.25) is 14.5 Å². The Morgan fingerprint density at radius 1 is 1.13 bits per heavy atom. The number of nitrogens with two attached hydrogens (primary N) is 1. The lowest BCUT2D eigenvalue weighted by Crippen LogP contribution is -2.30. The molecule has 4 rings (SSSR count). The topological polar surface area (TPSA) is 75.4 Å². The minimum absolute atomic E-state index is 0.210. The van der Waals surface area contributed by atoms with E-state index in [1.807, 2.05) is 50.2 Å². The van der Waals surface area contributed by atoms with Crippen LogP contribution < -0.4 is 11.1 Å². The van der Waals surface area contributed by atoms with E-state index in [0.717, 1.165) is 47.6 Å². The van der Waals surface area contributed by atoms with E-state index >= 15 is 0 Å². The van der Waals surface area contributed by atoms with Crippen molar-refractivity contribution in [3.8, 4) is 0 Å². The lowest BCUT2D eigenvalue weighted by atomic mass is 10.0. The zero-order valence-electron chi connectivity index (χ0n) is 17.2.